The Morgan fingerprint density at radius 3 is 2.74 bits per heavy atom. The number of benzene rings is 1. The van der Waals surface area contributed by atoms with E-state index in [9.17, 15) is 14.4 Å². The summed E-state index contributed by atoms with van der Waals surface area (Å²) >= 11 is 0. The van der Waals surface area contributed by atoms with Crippen LogP contribution in [0.25, 0.3) is 0 Å². The Hall–Kier alpha value is -3.34. The predicted octanol–water partition coefficient (Wildman–Crippen LogP) is 0.884. The summed E-state index contributed by atoms with van der Waals surface area (Å²) in [5.41, 5.74) is -0.560. The van der Waals surface area contributed by atoms with Crippen molar-refractivity contribution < 1.29 is 9.53 Å². The molecule has 1 aliphatic rings. The Kier molecular flexibility index (Phi) is 5.12. The van der Waals surface area contributed by atoms with Gasteiger partial charge in [0.25, 0.3) is 5.56 Å². The van der Waals surface area contributed by atoms with E-state index in [4.69, 9.17) is 10.00 Å². The van der Waals surface area contributed by atoms with E-state index in [1.54, 1.807) is 20.2 Å². The van der Waals surface area contributed by atoms with Gasteiger partial charge in [0.05, 0.1) is 7.11 Å². The smallest absolute Gasteiger partial charge is 0.331 e. The topological polar surface area (TPSA) is 97.3 Å². The van der Waals surface area contributed by atoms with Crippen molar-refractivity contribution in [2.24, 2.45) is 0 Å². The van der Waals surface area contributed by atoms with Gasteiger partial charge in [0, 0.05) is 25.8 Å². The van der Waals surface area contributed by atoms with E-state index >= 15 is 0 Å². The Balaban J connectivity index is 1.83. The fourth-order valence-electron chi connectivity index (χ4n) is 2.84. The fourth-order valence-corrected chi connectivity index (χ4v) is 2.84. The average Bonchev–Trinajstić information content (AvgIpc) is 3.50. The first-order valence-corrected chi connectivity index (χ1v) is 8.57. The number of nitrogens with zero attached hydrogens (tertiary/aromatic N) is 4. The SMILES string of the molecule is COc1cccc(CN(C)C(=O)Cn2c(=O)c(C#N)cn(C3CC3)c2=O)c1. The average molecular weight is 368 g/mol. The summed E-state index contributed by atoms with van der Waals surface area (Å²) in [6.45, 7) is -0.0973. The highest BCUT2D eigenvalue weighted by atomic mass is 16.5. The second-order valence-corrected chi connectivity index (χ2v) is 6.57. The zero-order valence-corrected chi connectivity index (χ0v) is 15.2. The minimum absolute atomic E-state index is 0.000986. The van der Waals surface area contributed by atoms with Gasteiger partial charge in [-0.05, 0) is 30.5 Å². The van der Waals surface area contributed by atoms with Crippen molar-refractivity contribution >= 4 is 5.91 Å². The molecule has 140 valence electrons. The summed E-state index contributed by atoms with van der Waals surface area (Å²) in [5.74, 6) is 0.285. The molecule has 0 aliphatic heterocycles. The van der Waals surface area contributed by atoms with Crippen LogP contribution in [0, 0.1) is 11.3 Å². The minimum atomic E-state index is -0.734. The van der Waals surface area contributed by atoms with E-state index in [1.165, 1.54) is 15.7 Å². The molecule has 1 heterocycles. The number of hydrogen-bond acceptors (Lipinski definition) is 5. The molecule has 0 spiro atoms. The van der Waals surface area contributed by atoms with Crippen molar-refractivity contribution in [1.82, 2.24) is 14.0 Å². The molecular formula is C19H20N4O4. The summed E-state index contributed by atoms with van der Waals surface area (Å²) in [5, 5.41) is 9.16. The zero-order valence-electron chi connectivity index (χ0n) is 15.2. The van der Waals surface area contributed by atoms with Crippen molar-refractivity contribution in [2.75, 3.05) is 14.2 Å². The lowest BCUT2D eigenvalue weighted by Crippen LogP contribution is -2.44. The predicted molar refractivity (Wildman–Crippen MR) is 97.4 cm³/mol. The molecule has 0 atom stereocenters. The molecule has 0 unspecified atom stereocenters. The van der Waals surface area contributed by atoms with E-state index in [-0.39, 0.29) is 11.6 Å². The van der Waals surface area contributed by atoms with Crippen LogP contribution >= 0.6 is 0 Å². The fraction of sp³-hybridized carbons (Fsp3) is 0.368. The van der Waals surface area contributed by atoms with Crippen molar-refractivity contribution in [3.8, 4) is 11.8 Å². The molecule has 8 nitrogen and oxygen atoms in total. The second-order valence-electron chi connectivity index (χ2n) is 6.57. The molecule has 3 rings (SSSR count). The number of ether oxygens (including phenoxy) is 1. The lowest BCUT2D eigenvalue weighted by molar-refractivity contribution is -0.131. The third kappa shape index (κ3) is 3.92. The molecule has 0 N–H and O–H groups in total. The zero-order chi connectivity index (χ0) is 19.6. The van der Waals surface area contributed by atoms with Crippen LogP contribution in [0.4, 0.5) is 0 Å². The summed E-state index contributed by atoms with van der Waals surface area (Å²) in [6, 6.07) is 9.10. The molecule has 1 aliphatic carbocycles. The number of carbonyl (C=O) groups is 1. The highest BCUT2D eigenvalue weighted by molar-refractivity contribution is 5.75. The first kappa shape index (κ1) is 18.5. The van der Waals surface area contributed by atoms with Gasteiger partial charge in [-0.25, -0.2) is 9.36 Å². The lowest BCUT2D eigenvalue weighted by Gasteiger charge is -2.18. The first-order chi connectivity index (χ1) is 12.9. The van der Waals surface area contributed by atoms with E-state index in [0.29, 0.717) is 12.3 Å². The number of amides is 1. The van der Waals surface area contributed by atoms with E-state index in [2.05, 4.69) is 0 Å². The van der Waals surface area contributed by atoms with Crippen molar-refractivity contribution in [3.05, 3.63) is 62.4 Å². The third-order valence-electron chi connectivity index (χ3n) is 4.53. The number of rotatable bonds is 6. The Bertz CT molecular complexity index is 1030. The Morgan fingerprint density at radius 1 is 1.37 bits per heavy atom. The molecule has 0 radical (unpaired) electrons. The maximum atomic E-state index is 12.6. The molecule has 1 fully saturated rings. The minimum Gasteiger partial charge on any atom is -0.497 e. The van der Waals surface area contributed by atoms with E-state index < -0.39 is 23.7 Å². The molecule has 0 bridgehead atoms. The number of nitriles is 1. The number of methoxy groups -OCH3 is 1. The molecule has 1 aromatic carbocycles. The van der Waals surface area contributed by atoms with Crippen LogP contribution in [0.3, 0.4) is 0 Å². The van der Waals surface area contributed by atoms with Gasteiger partial charge >= 0.3 is 5.69 Å². The van der Waals surface area contributed by atoms with Gasteiger partial charge in [0.15, 0.2) is 0 Å². The van der Waals surface area contributed by atoms with Crippen molar-refractivity contribution in [3.63, 3.8) is 0 Å². The highest BCUT2D eigenvalue weighted by Gasteiger charge is 2.27. The molecule has 0 saturated heterocycles. The van der Waals surface area contributed by atoms with Crippen LogP contribution in [0.2, 0.25) is 0 Å². The van der Waals surface area contributed by atoms with Gasteiger partial charge in [-0.1, -0.05) is 12.1 Å². The van der Waals surface area contributed by atoms with Gasteiger partial charge < -0.3 is 9.64 Å². The molecule has 1 amide bonds. The van der Waals surface area contributed by atoms with Gasteiger partial charge in [0.2, 0.25) is 5.91 Å². The second kappa shape index (κ2) is 7.50. The largest absolute Gasteiger partial charge is 0.497 e. The molecular weight excluding hydrogens is 348 g/mol. The van der Waals surface area contributed by atoms with E-state index in [0.717, 1.165) is 23.0 Å². The standard InChI is InChI=1S/C19H20N4O4/c1-21(10-13-4-3-5-16(8-13)27-2)17(24)12-23-18(25)14(9-20)11-22(19(23)26)15-6-7-15/h3-5,8,11,15H,6-7,10,12H2,1-2H3. The molecule has 8 heteroatoms. The van der Waals surface area contributed by atoms with Gasteiger partial charge in [-0.2, -0.15) is 5.26 Å². The third-order valence-corrected chi connectivity index (χ3v) is 4.53. The van der Waals surface area contributed by atoms with Gasteiger partial charge in [0.1, 0.15) is 23.9 Å². The Morgan fingerprint density at radius 2 is 2.11 bits per heavy atom. The van der Waals surface area contributed by atoms with E-state index in [1.807, 2.05) is 24.3 Å². The summed E-state index contributed by atoms with van der Waals surface area (Å²) < 4.78 is 7.40. The molecule has 2 aromatic rings. The maximum Gasteiger partial charge on any atom is 0.331 e. The van der Waals surface area contributed by atoms with Crippen LogP contribution in [-0.2, 0) is 17.9 Å². The highest BCUT2D eigenvalue weighted by Crippen LogP contribution is 2.33. The molecule has 27 heavy (non-hydrogen) atoms. The molecule has 1 saturated carbocycles. The summed E-state index contributed by atoms with van der Waals surface area (Å²) in [4.78, 5) is 38.9. The number of aromatic nitrogens is 2. The summed E-state index contributed by atoms with van der Waals surface area (Å²) in [7, 11) is 3.16. The monoisotopic (exact) mass is 368 g/mol. The normalized spacial score (nSPS) is 13.1. The van der Waals surface area contributed by atoms with Crippen molar-refractivity contribution in [2.45, 2.75) is 32.0 Å². The summed E-state index contributed by atoms with van der Waals surface area (Å²) in [6.07, 6.45) is 2.95. The Labute approximate surface area is 155 Å². The molecule has 1 aromatic heterocycles. The number of likely N-dealkylation sites (N-methyl/N-ethyl adjacent to an activating group) is 1. The van der Waals surface area contributed by atoms with Gasteiger partial charge in [-0.3, -0.25) is 14.2 Å². The lowest BCUT2D eigenvalue weighted by atomic mass is 10.2. The number of hydrogen-bond donors (Lipinski definition) is 0. The quantitative estimate of drug-likeness (QED) is 0.754. The van der Waals surface area contributed by atoms with Crippen LogP contribution in [0.5, 0.6) is 5.75 Å². The maximum absolute atomic E-state index is 12.6. The van der Waals surface area contributed by atoms with Crippen LogP contribution in [0.1, 0.15) is 30.0 Å². The van der Waals surface area contributed by atoms with Crippen LogP contribution < -0.4 is 16.0 Å². The van der Waals surface area contributed by atoms with Crippen LogP contribution in [0.15, 0.2) is 40.1 Å². The van der Waals surface area contributed by atoms with Gasteiger partial charge in [-0.15, -0.1) is 0 Å². The van der Waals surface area contributed by atoms with Crippen LogP contribution in [-0.4, -0.2) is 34.1 Å². The number of carbonyl (C=O) groups excluding carboxylic acids is 1. The first-order valence-electron chi connectivity index (χ1n) is 8.57. The van der Waals surface area contributed by atoms with Crippen molar-refractivity contribution in [1.29, 1.82) is 5.26 Å².